The molecule has 1 unspecified atom stereocenters. The van der Waals surface area contributed by atoms with E-state index in [0.717, 1.165) is 24.9 Å². The van der Waals surface area contributed by atoms with Gasteiger partial charge in [0.2, 0.25) is 0 Å². The molecule has 0 bridgehead atoms. The Morgan fingerprint density at radius 3 is 2.60 bits per heavy atom. The molecular formula is C17H22FNS. The second-order valence-electron chi connectivity index (χ2n) is 5.05. The molecule has 0 amide bonds. The molecule has 0 aliphatic heterocycles. The third kappa shape index (κ3) is 3.47. The highest BCUT2D eigenvalue weighted by molar-refractivity contribution is 7.12. The van der Waals surface area contributed by atoms with Gasteiger partial charge < -0.3 is 5.32 Å². The number of aryl methyl sites for hydroxylation is 2. The van der Waals surface area contributed by atoms with Crippen molar-refractivity contribution in [3.8, 4) is 0 Å². The predicted octanol–water partition coefficient (Wildman–Crippen LogP) is 4.85. The first-order valence-electron chi connectivity index (χ1n) is 7.23. The van der Waals surface area contributed by atoms with Crippen LogP contribution in [0.2, 0.25) is 0 Å². The summed E-state index contributed by atoms with van der Waals surface area (Å²) in [6.45, 7) is 7.27. The Labute approximate surface area is 124 Å². The molecule has 0 saturated carbocycles. The monoisotopic (exact) mass is 291 g/mol. The third-order valence-electron chi connectivity index (χ3n) is 3.46. The molecule has 2 rings (SSSR count). The molecule has 0 spiro atoms. The summed E-state index contributed by atoms with van der Waals surface area (Å²) in [4.78, 5) is 2.70. The fourth-order valence-electron chi connectivity index (χ4n) is 2.36. The largest absolute Gasteiger partial charge is 0.306 e. The molecule has 1 nitrogen and oxygen atoms in total. The topological polar surface area (TPSA) is 12.0 Å². The second-order valence-corrected chi connectivity index (χ2v) is 6.25. The molecule has 1 aromatic heterocycles. The smallest absolute Gasteiger partial charge is 0.123 e. The lowest BCUT2D eigenvalue weighted by Gasteiger charge is -2.20. The van der Waals surface area contributed by atoms with Gasteiger partial charge in [0.15, 0.2) is 0 Å². The predicted molar refractivity (Wildman–Crippen MR) is 85.0 cm³/mol. The molecule has 0 fully saturated rings. The van der Waals surface area contributed by atoms with Crippen molar-refractivity contribution in [1.29, 1.82) is 0 Å². The van der Waals surface area contributed by atoms with E-state index in [1.807, 2.05) is 24.3 Å². The van der Waals surface area contributed by atoms with E-state index in [9.17, 15) is 4.39 Å². The van der Waals surface area contributed by atoms with Gasteiger partial charge in [-0.25, -0.2) is 4.39 Å². The third-order valence-corrected chi connectivity index (χ3v) is 4.75. The van der Waals surface area contributed by atoms with Gasteiger partial charge in [-0.1, -0.05) is 19.9 Å². The highest BCUT2D eigenvalue weighted by Gasteiger charge is 2.17. The Balaban J connectivity index is 2.35. The molecule has 0 aliphatic carbocycles. The standard InChI is InChI=1S/C17H22FNS/c1-4-10-19-17(16-9-7-14(5-2)20-16)15-8-6-13(18)11-12(15)3/h6-9,11,17,19H,4-5,10H2,1-3H3. The van der Waals surface area contributed by atoms with Crippen molar-refractivity contribution in [2.45, 2.75) is 39.7 Å². The minimum Gasteiger partial charge on any atom is -0.306 e. The summed E-state index contributed by atoms with van der Waals surface area (Å²) in [6.07, 6.45) is 2.15. The number of hydrogen-bond donors (Lipinski definition) is 1. The van der Waals surface area contributed by atoms with Crippen LogP contribution < -0.4 is 5.32 Å². The van der Waals surface area contributed by atoms with Crippen molar-refractivity contribution in [1.82, 2.24) is 5.32 Å². The van der Waals surface area contributed by atoms with Crippen LogP contribution in [0.15, 0.2) is 30.3 Å². The summed E-state index contributed by atoms with van der Waals surface area (Å²) in [5, 5.41) is 3.59. The molecule has 3 heteroatoms. The van der Waals surface area contributed by atoms with Crippen LogP contribution in [0.25, 0.3) is 0 Å². The average molecular weight is 291 g/mol. The Morgan fingerprint density at radius 1 is 1.20 bits per heavy atom. The SMILES string of the molecule is CCCNC(c1ccc(CC)s1)c1ccc(F)cc1C. The van der Waals surface area contributed by atoms with E-state index in [1.165, 1.54) is 15.3 Å². The minimum absolute atomic E-state index is 0.166. The van der Waals surface area contributed by atoms with Crippen molar-refractivity contribution in [2.75, 3.05) is 6.54 Å². The van der Waals surface area contributed by atoms with Gasteiger partial charge in [0, 0.05) is 9.75 Å². The molecule has 0 saturated heterocycles. The molecular weight excluding hydrogens is 269 g/mol. The zero-order valence-electron chi connectivity index (χ0n) is 12.4. The summed E-state index contributed by atoms with van der Waals surface area (Å²) >= 11 is 1.84. The van der Waals surface area contributed by atoms with Crippen molar-refractivity contribution >= 4 is 11.3 Å². The lowest BCUT2D eigenvalue weighted by molar-refractivity contribution is 0.596. The van der Waals surface area contributed by atoms with E-state index in [1.54, 1.807) is 12.1 Å². The average Bonchev–Trinajstić information content (AvgIpc) is 2.90. The quantitative estimate of drug-likeness (QED) is 0.802. The van der Waals surface area contributed by atoms with Crippen LogP contribution in [-0.2, 0) is 6.42 Å². The molecule has 20 heavy (non-hydrogen) atoms. The van der Waals surface area contributed by atoms with Gasteiger partial charge >= 0.3 is 0 Å². The molecule has 1 N–H and O–H groups in total. The summed E-state index contributed by atoms with van der Waals surface area (Å²) < 4.78 is 13.3. The Morgan fingerprint density at radius 2 is 2.00 bits per heavy atom. The van der Waals surface area contributed by atoms with E-state index in [-0.39, 0.29) is 11.9 Å². The fourth-order valence-corrected chi connectivity index (χ4v) is 3.40. The van der Waals surface area contributed by atoms with Gasteiger partial charge in [-0.15, -0.1) is 11.3 Å². The highest BCUT2D eigenvalue weighted by Crippen LogP contribution is 2.31. The maximum atomic E-state index is 13.3. The summed E-state index contributed by atoms with van der Waals surface area (Å²) in [7, 11) is 0. The molecule has 0 radical (unpaired) electrons. The van der Waals surface area contributed by atoms with Crippen LogP contribution in [0, 0.1) is 12.7 Å². The molecule has 1 aromatic carbocycles. The Bertz CT molecular complexity index is 562. The van der Waals surface area contributed by atoms with Crippen LogP contribution in [0.5, 0.6) is 0 Å². The number of rotatable bonds is 6. The van der Waals surface area contributed by atoms with E-state index in [2.05, 4.69) is 31.3 Å². The number of benzene rings is 1. The first kappa shape index (κ1) is 15.2. The number of halogens is 1. The van der Waals surface area contributed by atoms with Crippen LogP contribution >= 0.6 is 11.3 Å². The highest BCUT2D eigenvalue weighted by atomic mass is 32.1. The van der Waals surface area contributed by atoms with Crippen LogP contribution in [0.1, 0.15) is 47.2 Å². The zero-order chi connectivity index (χ0) is 14.5. The lowest BCUT2D eigenvalue weighted by Crippen LogP contribution is -2.23. The molecule has 1 atom stereocenters. The molecule has 108 valence electrons. The molecule has 1 heterocycles. The Hall–Kier alpha value is -1.19. The fraction of sp³-hybridized carbons (Fsp3) is 0.412. The maximum Gasteiger partial charge on any atom is 0.123 e. The van der Waals surface area contributed by atoms with Gasteiger partial charge in [-0.3, -0.25) is 0 Å². The summed E-state index contributed by atoms with van der Waals surface area (Å²) in [6, 6.07) is 9.63. The van der Waals surface area contributed by atoms with Gasteiger partial charge in [-0.05, 0) is 61.7 Å². The second kappa shape index (κ2) is 7.00. The van der Waals surface area contributed by atoms with Crippen molar-refractivity contribution in [3.05, 3.63) is 57.0 Å². The lowest BCUT2D eigenvalue weighted by atomic mass is 9.99. The van der Waals surface area contributed by atoms with Gasteiger partial charge in [0.1, 0.15) is 5.82 Å². The van der Waals surface area contributed by atoms with E-state index in [0.29, 0.717) is 0 Å². The van der Waals surface area contributed by atoms with E-state index < -0.39 is 0 Å². The first-order chi connectivity index (χ1) is 9.65. The summed E-state index contributed by atoms with van der Waals surface area (Å²) in [5.74, 6) is -0.166. The zero-order valence-corrected chi connectivity index (χ0v) is 13.2. The maximum absolute atomic E-state index is 13.3. The van der Waals surface area contributed by atoms with Crippen LogP contribution in [0.4, 0.5) is 4.39 Å². The van der Waals surface area contributed by atoms with Crippen LogP contribution in [0.3, 0.4) is 0 Å². The van der Waals surface area contributed by atoms with E-state index >= 15 is 0 Å². The number of nitrogens with one attached hydrogen (secondary N) is 1. The minimum atomic E-state index is -0.166. The van der Waals surface area contributed by atoms with Gasteiger partial charge in [-0.2, -0.15) is 0 Å². The molecule has 0 aliphatic rings. The van der Waals surface area contributed by atoms with Crippen LogP contribution in [-0.4, -0.2) is 6.54 Å². The van der Waals surface area contributed by atoms with E-state index in [4.69, 9.17) is 0 Å². The number of thiophene rings is 1. The van der Waals surface area contributed by atoms with Gasteiger partial charge in [0.05, 0.1) is 6.04 Å². The first-order valence-corrected chi connectivity index (χ1v) is 8.05. The number of hydrogen-bond acceptors (Lipinski definition) is 2. The van der Waals surface area contributed by atoms with Crippen molar-refractivity contribution < 1.29 is 4.39 Å². The van der Waals surface area contributed by atoms with Crippen molar-refractivity contribution in [2.24, 2.45) is 0 Å². The summed E-state index contributed by atoms with van der Waals surface area (Å²) in [5.41, 5.74) is 2.18. The normalized spacial score (nSPS) is 12.6. The molecule has 2 aromatic rings. The Kier molecular flexibility index (Phi) is 5.32. The van der Waals surface area contributed by atoms with Gasteiger partial charge in [0.25, 0.3) is 0 Å². The van der Waals surface area contributed by atoms with Crippen molar-refractivity contribution in [3.63, 3.8) is 0 Å².